The molecule has 3 rings (SSSR count). The van der Waals surface area contributed by atoms with Gasteiger partial charge in [0, 0.05) is 38.3 Å². The topological polar surface area (TPSA) is 84.0 Å². The average Bonchev–Trinajstić information content (AvgIpc) is 3.18. The maximum atomic E-state index is 12.0. The van der Waals surface area contributed by atoms with Gasteiger partial charge in [-0.2, -0.15) is 0 Å². The van der Waals surface area contributed by atoms with Gasteiger partial charge < -0.3 is 25.4 Å². The zero-order chi connectivity index (χ0) is 17.3. The second kappa shape index (κ2) is 9.27. The van der Waals surface area contributed by atoms with Crippen LogP contribution in [0.2, 0.25) is 0 Å². The van der Waals surface area contributed by atoms with Gasteiger partial charge in [-0.15, -0.1) is 0 Å². The van der Waals surface area contributed by atoms with Crippen molar-refractivity contribution < 1.29 is 14.3 Å². The number of nitrogens with one attached hydrogen (secondary N) is 3. The number of ether oxygens (including phenoxy) is 2. The first kappa shape index (κ1) is 17.5. The van der Waals surface area contributed by atoms with Crippen molar-refractivity contribution in [3.8, 4) is 5.75 Å². The summed E-state index contributed by atoms with van der Waals surface area (Å²) >= 11 is 0. The average molecular weight is 346 g/mol. The molecule has 2 aliphatic rings. The van der Waals surface area contributed by atoms with Crippen molar-refractivity contribution in [1.82, 2.24) is 16.0 Å². The molecule has 1 atom stereocenters. The summed E-state index contributed by atoms with van der Waals surface area (Å²) in [6.07, 6.45) is 3.28. The molecule has 0 radical (unpaired) electrons. The minimum Gasteiger partial charge on any atom is -0.483 e. The minimum absolute atomic E-state index is 0.00291. The first-order valence-electron chi connectivity index (χ1n) is 8.92. The van der Waals surface area contributed by atoms with E-state index in [0.29, 0.717) is 18.8 Å². The predicted molar refractivity (Wildman–Crippen MR) is 95.7 cm³/mol. The highest BCUT2D eigenvalue weighted by Crippen LogP contribution is 2.17. The van der Waals surface area contributed by atoms with Crippen molar-refractivity contribution in [2.24, 2.45) is 4.99 Å². The Morgan fingerprint density at radius 2 is 2.28 bits per heavy atom. The highest BCUT2D eigenvalue weighted by molar-refractivity contribution is 5.80. The van der Waals surface area contributed by atoms with Crippen molar-refractivity contribution in [3.05, 3.63) is 29.8 Å². The normalized spacial score (nSPS) is 19.7. The number of rotatable bonds is 7. The molecule has 1 fully saturated rings. The summed E-state index contributed by atoms with van der Waals surface area (Å²) < 4.78 is 11.2. The Morgan fingerprint density at radius 1 is 1.36 bits per heavy atom. The summed E-state index contributed by atoms with van der Waals surface area (Å²) in [5.74, 6) is 1.39. The number of benzene rings is 1. The number of aliphatic imine (C=N–C) groups is 1. The van der Waals surface area contributed by atoms with Gasteiger partial charge in [-0.3, -0.25) is 9.79 Å². The van der Waals surface area contributed by atoms with Gasteiger partial charge in [0.25, 0.3) is 5.91 Å². The van der Waals surface area contributed by atoms with Crippen LogP contribution in [-0.2, 0) is 16.1 Å². The van der Waals surface area contributed by atoms with E-state index >= 15 is 0 Å². The quantitative estimate of drug-likeness (QED) is 0.680. The Bertz CT molecular complexity index is 600. The van der Waals surface area contributed by atoms with Crippen molar-refractivity contribution in [2.75, 3.05) is 32.8 Å². The highest BCUT2D eigenvalue weighted by Gasteiger charge is 2.16. The van der Waals surface area contributed by atoms with E-state index in [0.717, 1.165) is 50.5 Å². The fourth-order valence-corrected chi connectivity index (χ4v) is 2.85. The van der Waals surface area contributed by atoms with E-state index < -0.39 is 0 Å². The van der Waals surface area contributed by atoms with E-state index in [4.69, 9.17) is 9.47 Å². The van der Waals surface area contributed by atoms with Crippen LogP contribution in [0.5, 0.6) is 5.75 Å². The third-order valence-corrected chi connectivity index (χ3v) is 4.23. The molecule has 7 heteroatoms. The minimum atomic E-state index is -0.128. The lowest BCUT2D eigenvalue weighted by atomic mass is 10.2. The zero-order valence-corrected chi connectivity index (χ0v) is 14.4. The fourth-order valence-electron chi connectivity index (χ4n) is 2.85. The van der Waals surface area contributed by atoms with Gasteiger partial charge in [-0.1, -0.05) is 18.2 Å². The molecule has 1 amide bonds. The number of guanidine groups is 1. The van der Waals surface area contributed by atoms with Crippen LogP contribution in [-0.4, -0.2) is 50.8 Å². The van der Waals surface area contributed by atoms with E-state index in [1.807, 2.05) is 24.3 Å². The monoisotopic (exact) mass is 346 g/mol. The maximum Gasteiger partial charge on any atom is 0.258 e. The van der Waals surface area contributed by atoms with Crippen LogP contribution in [0.1, 0.15) is 24.8 Å². The number of carbonyl (C=O) groups is 1. The molecule has 1 aromatic rings. The molecule has 2 heterocycles. The third kappa shape index (κ3) is 5.63. The summed E-state index contributed by atoms with van der Waals surface area (Å²) in [4.78, 5) is 16.3. The summed E-state index contributed by atoms with van der Waals surface area (Å²) in [6.45, 7) is 3.73. The van der Waals surface area contributed by atoms with Crippen LogP contribution < -0.4 is 20.7 Å². The summed E-state index contributed by atoms with van der Waals surface area (Å²) in [5, 5.41) is 9.36. The lowest BCUT2D eigenvalue weighted by molar-refractivity contribution is -0.123. The molecular formula is C18H26N4O3. The molecule has 0 saturated carbocycles. The lowest BCUT2D eigenvalue weighted by Crippen LogP contribution is -2.40. The van der Waals surface area contributed by atoms with Crippen LogP contribution in [0.15, 0.2) is 29.3 Å². The number of amides is 1. The Morgan fingerprint density at radius 3 is 3.08 bits per heavy atom. The van der Waals surface area contributed by atoms with Gasteiger partial charge in [-0.25, -0.2) is 0 Å². The molecule has 1 aromatic carbocycles. The van der Waals surface area contributed by atoms with Crippen LogP contribution >= 0.6 is 0 Å². The Balaban J connectivity index is 1.45. The largest absolute Gasteiger partial charge is 0.483 e. The molecule has 2 aliphatic heterocycles. The van der Waals surface area contributed by atoms with Crippen LogP contribution in [0.3, 0.4) is 0 Å². The van der Waals surface area contributed by atoms with Gasteiger partial charge in [0.05, 0.1) is 6.10 Å². The summed E-state index contributed by atoms with van der Waals surface area (Å²) in [6, 6.07) is 7.72. The molecule has 3 N–H and O–H groups in total. The number of carbonyl (C=O) groups excluding carboxylic acids is 1. The number of para-hydroxylation sites is 1. The van der Waals surface area contributed by atoms with Crippen molar-refractivity contribution in [3.63, 3.8) is 0 Å². The van der Waals surface area contributed by atoms with E-state index in [1.165, 1.54) is 0 Å². The van der Waals surface area contributed by atoms with Gasteiger partial charge in [0.1, 0.15) is 5.75 Å². The van der Waals surface area contributed by atoms with Crippen LogP contribution in [0.25, 0.3) is 0 Å². The molecule has 136 valence electrons. The van der Waals surface area contributed by atoms with E-state index in [-0.39, 0.29) is 18.6 Å². The van der Waals surface area contributed by atoms with E-state index in [2.05, 4.69) is 20.9 Å². The van der Waals surface area contributed by atoms with Gasteiger partial charge in [0.15, 0.2) is 12.6 Å². The molecule has 1 saturated heterocycles. The third-order valence-electron chi connectivity index (χ3n) is 4.23. The second-order valence-corrected chi connectivity index (χ2v) is 6.20. The number of nitrogens with zero attached hydrogens (tertiary/aromatic N) is 1. The summed E-state index contributed by atoms with van der Waals surface area (Å²) in [5.41, 5.74) is 0.990. The number of hydrogen-bond donors (Lipinski definition) is 3. The first-order chi connectivity index (χ1) is 12.3. The maximum absolute atomic E-state index is 12.0. The van der Waals surface area contributed by atoms with Gasteiger partial charge >= 0.3 is 0 Å². The Hall–Kier alpha value is -2.28. The molecule has 7 nitrogen and oxygen atoms in total. The zero-order valence-electron chi connectivity index (χ0n) is 14.4. The smallest absolute Gasteiger partial charge is 0.258 e. The SMILES string of the molecule is O=C(COc1ccccc1CNC1=NCCCN1)NCC1CCCO1. The van der Waals surface area contributed by atoms with Crippen molar-refractivity contribution in [2.45, 2.75) is 31.9 Å². The van der Waals surface area contributed by atoms with Crippen molar-refractivity contribution >= 4 is 11.9 Å². The summed E-state index contributed by atoms with van der Waals surface area (Å²) in [7, 11) is 0. The first-order valence-corrected chi connectivity index (χ1v) is 8.92. The number of hydrogen-bond acceptors (Lipinski definition) is 6. The molecule has 0 aromatic heterocycles. The van der Waals surface area contributed by atoms with Crippen LogP contribution in [0, 0.1) is 0 Å². The van der Waals surface area contributed by atoms with Gasteiger partial charge in [-0.05, 0) is 25.3 Å². The molecule has 0 aliphatic carbocycles. The molecule has 25 heavy (non-hydrogen) atoms. The second-order valence-electron chi connectivity index (χ2n) is 6.20. The standard InChI is InChI=1S/C18H26N4O3/c23-17(21-12-15-6-3-10-24-15)13-25-16-7-2-1-5-14(16)11-22-18-19-8-4-9-20-18/h1-2,5,7,15H,3-4,6,8-13H2,(H,21,23)(H2,19,20,22). The highest BCUT2D eigenvalue weighted by atomic mass is 16.5. The fraction of sp³-hybridized carbons (Fsp3) is 0.556. The van der Waals surface area contributed by atoms with Crippen molar-refractivity contribution in [1.29, 1.82) is 0 Å². The predicted octanol–water partition coefficient (Wildman–Crippen LogP) is 0.800. The lowest BCUT2D eigenvalue weighted by Gasteiger charge is -2.17. The van der Waals surface area contributed by atoms with Crippen LogP contribution in [0.4, 0.5) is 0 Å². The molecular weight excluding hydrogens is 320 g/mol. The Labute approximate surface area is 148 Å². The van der Waals surface area contributed by atoms with Gasteiger partial charge in [0.2, 0.25) is 0 Å². The van der Waals surface area contributed by atoms with E-state index in [1.54, 1.807) is 0 Å². The molecule has 1 unspecified atom stereocenters. The van der Waals surface area contributed by atoms with E-state index in [9.17, 15) is 4.79 Å². The Kier molecular flexibility index (Phi) is 6.50. The molecule has 0 spiro atoms. The molecule has 0 bridgehead atoms.